The Morgan fingerprint density at radius 1 is 1.04 bits per heavy atom. The SMILES string of the molecule is CN(C)C1C[C@@H]2CC(N(C)Cc3cnn(-c4ccccc4Cl)c3)C[C@@H]2C1. The molecule has 5 heteroatoms. The maximum Gasteiger partial charge on any atom is 0.0831 e. The van der Waals surface area contributed by atoms with Gasteiger partial charge in [0.25, 0.3) is 0 Å². The van der Waals surface area contributed by atoms with Crippen LogP contribution in [-0.4, -0.2) is 52.8 Å². The quantitative estimate of drug-likeness (QED) is 0.790. The second-order valence-electron chi connectivity index (χ2n) is 8.39. The van der Waals surface area contributed by atoms with E-state index in [0.717, 1.165) is 35.1 Å². The highest BCUT2D eigenvalue weighted by molar-refractivity contribution is 6.32. The van der Waals surface area contributed by atoms with E-state index in [2.05, 4.69) is 42.2 Å². The molecular formula is C21H29ClN4. The van der Waals surface area contributed by atoms with E-state index in [-0.39, 0.29) is 0 Å². The molecule has 26 heavy (non-hydrogen) atoms. The van der Waals surface area contributed by atoms with Gasteiger partial charge < -0.3 is 4.90 Å². The molecule has 2 aromatic rings. The summed E-state index contributed by atoms with van der Waals surface area (Å²) in [6.45, 7) is 0.950. The molecule has 0 N–H and O–H groups in total. The van der Waals surface area contributed by atoms with Crippen molar-refractivity contribution in [1.29, 1.82) is 0 Å². The molecule has 140 valence electrons. The van der Waals surface area contributed by atoms with Crippen molar-refractivity contribution in [2.75, 3.05) is 21.1 Å². The lowest BCUT2D eigenvalue weighted by molar-refractivity contribution is 0.212. The fourth-order valence-corrected chi connectivity index (χ4v) is 5.18. The van der Waals surface area contributed by atoms with Crippen molar-refractivity contribution < 1.29 is 0 Å². The minimum Gasteiger partial charge on any atom is -0.306 e. The van der Waals surface area contributed by atoms with Crippen LogP contribution in [0.2, 0.25) is 5.02 Å². The third kappa shape index (κ3) is 3.55. The molecule has 0 bridgehead atoms. The highest BCUT2D eigenvalue weighted by Gasteiger charge is 2.43. The van der Waals surface area contributed by atoms with E-state index < -0.39 is 0 Å². The third-order valence-corrected chi connectivity index (χ3v) is 6.81. The van der Waals surface area contributed by atoms with Gasteiger partial charge in [-0.1, -0.05) is 23.7 Å². The minimum atomic E-state index is 0.705. The summed E-state index contributed by atoms with van der Waals surface area (Å²) in [6, 6.07) is 9.35. The molecule has 1 aromatic heterocycles. The summed E-state index contributed by atoms with van der Waals surface area (Å²) in [4.78, 5) is 4.94. The summed E-state index contributed by atoms with van der Waals surface area (Å²) in [5.41, 5.74) is 2.18. The normalized spacial score (nSPS) is 28.2. The standard InChI is InChI=1S/C21H29ClN4/c1-24(2)18-8-16-10-19(11-17(16)9-18)25(3)13-15-12-23-26(14-15)21-7-5-4-6-20(21)22/h4-7,12,14,16-19H,8-11,13H2,1-3H3/t16-,17+,18?,19?. The lowest BCUT2D eigenvalue weighted by atomic mass is 10.0. The maximum atomic E-state index is 6.29. The monoisotopic (exact) mass is 372 g/mol. The number of hydrogen-bond acceptors (Lipinski definition) is 3. The van der Waals surface area contributed by atoms with Gasteiger partial charge in [0.15, 0.2) is 0 Å². The van der Waals surface area contributed by atoms with Crippen LogP contribution in [0.5, 0.6) is 0 Å². The number of fused-ring (bicyclic) bond motifs is 1. The van der Waals surface area contributed by atoms with Crippen LogP contribution in [0.4, 0.5) is 0 Å². The van der Waals surface area contributed by atoms with Crippen molar-refractivity contribution in [3.05, 3.63) is 47.2 Å². The molecule has 2 fully saturated rings. The molecule has 2 aliphatic rings. The first-order valence-corrected chi connectivity index (χ1v) is 10.0. The smallest absolute Gasteiger partial charge is 0.0831 e. The maximum absolute atomic E-state index is 6.29. The fourth-order valence-electron chi connectivity index (χ4n) is 4.96. The van der Waals surface area contributed by atoms with Crippen LogP contribution in [0.3, 0.4) is 0 Å². The first-order chi connectivity index (χ1) is 12.5. The molecule has 2 saturated carbocycles. The van der Waals surface area contributed by atoms with Crippen LogP contribution < -0.4 is 0 Å². The Kier molecular flexibility index (Phi) is 5.09. The Bertz CT molecular complexity index is 742. The van der Waals surface area contributed by atoms with Gasteiger partial charge in [0.1, 0.15) is 0 Å². The van der Waals surface area contributed by atoms with Crippen molar-refractivity contribution in [3.8, 4) is 5.69 Å². The van der Waals surface area contributed by atoms with E-state index in [1.165, 1.54) is 31.2 Å². The molecule has 0 aliphatic heterocycles. The number of benzene rings is 1. The Morgan fingerprint density at radius 3 is 2.35 bits per heavy atom. The van der Waals surface area contributed by atoms with Gasteiger partial charge in [-0.3, -0.25) is 4.90 Å². The van der Waals surface area contributed by atoms with E-state index in [1.54, 1.807) is 0 Å². The summed E-state index contributed by atoms with van der Waals surface area (Å²) in [5, 5.41) is 5.24. The molecule has 0 amide bonds. The first kappa shape index (κ1) is 18.0. The zero-order valence-corrected chi connectivity index (χ0v) is 16.7. The average molecular weight is 373 g/mol. The topological polar surface area (TPSA) is 24.3 Å². The Hall–Kier alpha value is -1.36. The fraction of sp³-hybridized carbons (Fsp3) is 0.571. The Labute approximate surface area is 161 Å². The van der Waals surface area contributed by atoms with Gasteiger partial charge in [0.2, 0.25) is 0 Å². The summed E-state index contributed by atoms with van der Waals surface area (Å²) >= 11 is 6.29. The highest BCUT2D eigenvalue weighted by atomic mass is 35.5. The van der Waals surface area contributed by atoms with Gasteiger partial charge >= 0.3 is 0 Å². The van der Waals surface area contributed by atoms with Gasteiger partial charge in [-0.2, -0.15) is 5.10 Å². The summed E-state index contributed by atoms with van der Waals surface area (Å²) in [7, 11) is 6.72. The largest absolute Gasteiger partial charge is 0.306 e. The van der Waals surface area contributed by atoms with Crippen molar-refractivity contribution in [2.24, 2.45) is 11.8 Å². The molecule has 0 radical (unpaired) electrons. The molecule has 4 atom stereocenters. The summed E-state index contributed by atoms with van der Waals surface area (Å²) in [6.07, 6.45) is 9.54. The predicted octanol–water partition coefficient (Wildman–Crippen LogP) is 4.08. The molecule has 2 aliphatic carbocycles. The number of nitrogens with zero attached hydrogens (tertiary/aromatic N) is 4. The molecular weight excluding hydrogens is 344 g/mol. The lowest BCUT2D eigenvalue weighted by Gasteiger charge is -2.26. The predicted molar refractivity (Wildman–Crippen MR) is 107 cm³/mol. The summed E-state index contributed by atoms with van der Waals surface area (Å²) < 4.78 is 1.89. The van der Waals surface area contributed by atoms with E-state index in [9.17, 15) is 0 Å². The van der Waals surface area contributed by atoms with Crippen LogP contribution in [0.15, 0.2) is 36.7 Å². The second-order valence-corrected chi connectivity index (χ2v) is 8.80. The zero-order valence-electron chi connectivity index (χ0n) is 16.0. The van der Waals surface area contributed by atoms with Crippen LogP contribution >= 0.6 is 11.6 Å². The van der Waals surface area contributed by atoms with Crippen LogP contribution in [0.25, 0.3) is 5.69 Å². The Balaban J connectivity index is 1.37. The molecule has 1 aromatic carbocycles. The van der Waals surface area contributed by atoms with Gasteiger partial charge in [0.05, 0.1) is 16.9 Å². The minimum absolute atomic E-state index is 0.705. The molecule has 1 heterocycles. The molecule has 4 rings (SSSR count). The van der Waals surface area contributed by atoms with Gasteiger partial charge in [-0.25, -0.2) is 4.68 Å². The average Bonchev–Trinajstić information content (AvgIpc) is 3.29. The zero-order chi connectivity index (χ0) is 18.3. The molecule has 0 saturated heterocycles. The Morgan fingerprint density at radius 2 is 1.69 bits per heavy atom. The van der Waals surface area contributed by atoms with E-state index in [4.69, 9.17) is 11.6 Å². The van der Waals surface area contributed by atoms with Gasteiger partial charge in [-0.15, -0.1) is 0 Å². The highest BCUT2D eigenvalue weighted by Crippen LogP contribution is 2.46. The van der Waals surface area contributed by atoms with Crippen LogP contribution in [0.1, 0.15) is 31.2 Å². The van der Waals surface area contributed by atoms with Crippen molar-refractivity contribution in [2.45, 2.75) is 44.3 Å². The lowest BCUT2D eigenvalue weighted by Crippen LogP contribution is -2.31. The van der Waals surface area contributed by atoms with Crippen LogP contribution in [0, 0.1) is 11.8 Å². The number of para-hydroxylation sites is 1. The number of hydrogen-bond donors (Lipinski definition) is 0. The molecule has 2 unspecified atom stereocenters. The van der Waals surface area contributed by atoms with Crippen molar-refractivity contribution in [3.63, 3.8) is 0 Å². The second kappa shape index (κ2) is 7.34. The number of halogens is 1. The molecule has 4 nitrogen and oxygen atoms in total. The van der Waals surface area contributed by atoms with Crippen molar-refractivity contribution >= 4 is 11.6 Å². The van der Waals surface area contributed by atoms with Gasteiger partial charge in [0, 0.05) is 30.4 Å². The van der Waals surface area contributed by atoms with E-state index in [0.29, 0.717) is 6.04 Å². The first-order valence-electron chi connectivity index (χ1n) is 9.66. The summed E-state index contributed by atoms with van der Waals surface area (Å²) in [5.74, 6) is 1.83. The number of rotatable bonds is 5. The number of aromatic nitrogens is 2. The van der Waals surface area contributed by atoms with E-state index in [1.807, 2.05) is 35.1 Å². The van der Waals surface area contributed by atoms with Crippen LogP contribution in [-0.2, 0) is 6.54 Å². The third-order valence-electron chi connectivity index (χ3n) is 6.49. The van der Waals surface area contributed by atoms with Gasteiger partial charge in [-0.05, 0) is 70.8 Å². The van der Waals surface area contributed by atoms with E-state index >= 15 is 0 Å². The molecule has 0 spiro atoms. The van der Waals surface area contributed by atoms with Crippen molar-refractivity contribution in [1.82, 2.24) is 19.6 Å².